The van der Waals surface area contributed by atoms with Crippen LogP contribution in [0.25, 0.3) is 10.2 Å². The number of hydrogen-bond donors (Lipinski definition) is 0. The van der Waals surface area contributed by atoms with Gasteiger partial charge in [-0.05, 0) is 55.9 Å². The van der Waals surface area contributed by atoms with Crippen LogP contribution in [0.5, 0.6) is 0 Å². The summed E-state index contributed by atoms with van der Waals surface area (Å²) in [7, 11) is 0. The molecule has 0 saturated carbocycles. The van der Waals surface area contributed by atoms with Crippen molar-refractivity contribution in [2.75, 3.05) is 0 Å². The fourth-order valence-electron chi connectivity index (χ4n) is 4.25. The Bertz CT molecular complexity index is 1310. The minimum absolute atomic E-state index is 0.152. The third-order valence-corrected chi connectivity index (χ3v) is 6.95. The van der Waals surface area contributed by atoms with Crippen LogP contribution in [0.3, 0.4) is 0 Å². The summed E-state index contributed by atoms with van der Waals surface area (Å²) in [6.45, 7) is 2.65. The van der Waals surface area contributed by atoms with Gasteiger partial charge < -0.3 is 4.42 Å². The second-order valence-corrected chi connectivity index (χ2v) is 8.80. The average Bonchev–Trinajstić information content (AvgIpc) is 3.36. The molecule has 4 aromatic rings. The highest BCUT2D eigenvalue weighted by molar-refractivity contribution is 7.18. The minimum atomic E-state index is -0.279. The van der Waals surface area contributed by atoms with Gasteiger partial charge in [-0.25, -0.2) is 4.79 Å². The predicted octanol–water partition coefficient (Wildman–Crippen LogP) is 4.10. The Balaban J connectivity index is 1.76. The van der Waals surface area contributed by atoms with Gasteiger partial charge in [-0.15, -0.1) is 11.3 Å². The number of fused-ring (bicyclic) bond motifs is 3. The number of furan rings is 1. The third-order valence-electron chi connectivity index (χ3n) is 5.64. The van der Waals surface area contributed by atoms with Crippen molar-refractivity contribution >= 4 is 21.6 Å². The standard InChI is InChI=1S/C23H22N2O3S/c1-15-6-4-7-16(12-15)13-25-22-20(18-9-2-3-10-19(18)29-22)21(26)24(23(25)27)14-17-8-5-11-28-17/h4-8,11-12H,2-3,9-10,13-14H2,1H3. The van der Waals surface area contributed by atoms with Crippen molar-refractivity contribution in [1.82, 2.24) is 9.13 Å². The SMILES string of the molecule is Cc1cccc(Cn2c(=O)n(Cc3ccco3)c(=O)c3c4c(sc32)CCCC4)c1. The molecule has 3 aromatic heterocycles. The summed E-state index contributed by atoms with van der Waals surface area (Å²) >= 11 is 1.62. The van der Waals surface area contributed by atoms with E-state index in [1.54, 1.807) is 34.3 Å². The molecule has 0 atom stereocenters. The summed E-state index contributed by atoms with van der Waals surface area (Å²) in [5, 5.41) is 0.725. The highest BCUT2D eigenvalue weighted by Crippen LogP contribution is 2.34. The highest BCUT2D eigenvalue weighted by Gasteiger charge is 2.24. The van der Waals surface area contributed by atoms with Crippen molar-refractivity contribution in [3.8, 4) is 0 Å². The Morgan fingerprint density at radius 1 is 1.03 bits per heavy atom. The Morgan fingerprint density at radius 2 is 1.90 bits per heavy atom. The van der Waals surface area contributed by atoms with E-state index in [0.717, 1.165) is 52.6 Å². The molecule has 6 heteroatoms. The molecule has 5 nitrogen and oxygen atoms in total. The van der Waals surface area contributed by atoms with Crippen LogP contribution in [0.4, 0.5) is 0 Å². The van der Waals surface area contributed by atoms with Crippen molar-refractivity contribution in [3.63, 3.8) is 0 Å². The van der Waals surface area contributed by atoms with Gasteiger partial charge >= 0.3 is 5.69 Å². The third kappa shape index (κ3) is 3.17. The van der Waals surface area contributed by atoms with Gasteiger partial charge in [0.05, 0.1) is 24.7 Å². The molecule has 148 valence electrons. The monoisotopic (exact) mass is 406 g/mol. The van der Waals surface area contributed by atoms with E-state index in [-0.39, 0.29) is 17.8 Å². The van der Waals surface area contributed by atoms with Crippen LogP contribution < -0.4 is 11.2 Å². The molecule has 0 amide bonds. The summed E-state index contributed by atoms with van der Waals surface area (Å²) in [5.41, 5.74) is 2.89. The smallest absolute Gasteiger partial charge is 0.332 e. The average molecular weight is 407 g/mol. The van der Waals surface area contributed by atoms with Crippen molar-refractivity contribution in [2.45, 2.75) is 45.7 Å². The first kappa shape index (κ1) is 18.2. The summed E-state index contributed by atoms with van der Waals surface area (Å²) in [5.74, 6) is 0.606. The number of hydrogen-bond acceptors (Lipinski definition) is 4. The fraction of sp³-hybridized carbons (Fsp3) is 0.304. The molecule has 1 aromatic carbocycles. The molecule has 1 aliphatic rings. The van der Waals surface area contributed by atoms with E-state index in [1.807, 2.05) is 25.1 Å². The zero-order valence-corrected chi connectivity index (χ0v) is 17.1. The molecule has 0 N–H and O–H groups in total. The molecule has 1 aliphatic carbocycles. The Hall–Kier alpha value is -2.86. The topological polar surface area (TPSA) is 57.1 Å². The molecule has 3 heterocycles. The van der Waals surface area contributed by atoms with Crippen molar-refractivity contribution in [3.05, 3.63) is 90.8 Å². The summed E-state index contributed by atoms with van der Waals surface area (Å²) in [4.78, 5) is 28.9. The first-order chi connectivity index (χ1) is 14.1. The van der Waals surface area contributed by atoms with Gasteiger partial charge in [0, 0.05) is 4.88 Å². The van der Waals surface area contributed by atoms with E-state index in [2.05, 4.69) is 6.07 Å². The van der Waals surface area contributed by atoms with E-state index in [9.17, 15) is 9.59 Å². The fourth-order valence-corrected chi connectivity index (χ4v) is 5.62. The predicted molar refractivity (Wildman–Crippen MR) is 115 cm³/mol. The molecular formula is C23H22N2O3S. The van der Waals surface area contributed by atoms with E-state index in [0.29, 0.717) is 12.3 Å². The van der Waals surface area contributed by atoms with E-state index >= 15 is 0 Å². The molecular weight excluding hydrogens is 384 g/mol. The first-order valence-electron chi connectivity index (χ1n) is 9.97. The molecule has 0 saturated heterocycles. The molecule has 0 fully saturated rings. The van der Waals surface area contributed by atoms with Gasteiger partial charge in [0.1, 0.15) is 10.6 Å². The van der Waals surface area contributed by atoms with Crippen LogP contribution in [-0.2, 0) is 25.9 Å². The molecule has 29 heavy (non-hydrogen) atoms. The molecule has 0 aliphatic heterocycles. The number of thiophene rings is 1. The first-order valence-corrected chi connectivity index (χ1v) is 10.8. The maximum Gasteiger partial charge on any atom is 0.332 e. The molecule has 0 spiro atoms. The van der Waals surface area contributed by atoms with Gasteiger partial charge in [-0.1, -0.05) is 29.8 Å². The van der Waals surface area contributed by atoms with E-state index in [4.69, 9.17) is 4.42 Å². The largest absolute Gasteiger partial charge is 0.467 e. The molecule has 0 bridgehead atoms. The van der Waals surface area contributed by atoms with Crippen molar-refractivity contribution in [1.29, 1.82) is 0 Å². The quantitative estimate of drug-likeness (QED) is 0.513. The van der Waals surface area contributed by atoms with Crippen LogP contribution >= 0.6 is 11.3 Å². The van der Waals surface area contributed by atoms with Crippen molar-refractivity contribution < 1.29 is 4.42 Å². The second-order valence-electron chi connectivity index (χ2n) is 7.72. The number of aryl methyl sites for hydroxylation is 3. The number of nitrogens with zero attached hydrogens (tertiary/aromatic N) is 2. The zero-order chi connectivity index (χ0) is 20.0. The molecule has 5 rings (SSSR count). The Labute approximate surface area is 171 Å². The van der Waals surface area contributed by atoms with Crippen LogP contribution in [0.2, 0.25) is 0 Å². The Morgan fingerprint density at radius 3 is 2.69 bits per heavy atom. The lowest BCUT2D eigenvalue weighted by atomic mass is 9.97. The number of rotatable bonds is 4. The van der Waals surface area contributed by atoms with Gasteiger partial charge in [0.15, 0.2) is 0 Å². The van der Waals surface area contributed by atoms with Gasteiger partial charge in [0.2, 0.25) is 0 Å². The maximum absolute atomic E-state index is 13.4. The van der Waals surface area contributed by atoms with Crippen molar-refractivity contribution in [2.24, 2.45) is 0 Å². The lowest BCUT2D eigenvalue weighted by Gasteiger charge is -2.13. The lowest BCUT2D eigenvalue weighted by Crippen LogP contribution is -2.40. The zero-order valence-electron chi connectivity index (χ0n) is 16.3. The summed E-state index contributed by atoms with van der Waals surface area (Å²) < 4.78 is 8.53. The normalized spacial score (nSPS) is 13.7. The van der Waals surface area contributed by atoms with Gasteiger partial charge in [-0.2, -0.15) is 0 Å². The van der Waals surface area contributed by atoms with Crippen LogP contribution in [-0.4, -0.2) is 9.13 Å². The highest BCUT2D eigenvalue weighted by atomic mass is 32.1. The van der Waals surface area contributed by atoms with E-state index in [1.165, 1.54) is 9.44 Å². The lowest BCUT2D eigenvalue weighted by molar-refractivity contribution is 0.479. The number of benzene rings is 1. The summed E-state index contributed by atoms with van der Waals surface area (Å²) in [6, 6.07) is 11.7. The summed E-state index contributed by atoms with van der Waals surface area (Å²) in [6.07, 6.45) is 5.70. The van der Waals surface area contributed by atoms with Crippen LogP contribution in [0.15, 0.2) is 56.7 Å². The second kappa shape index (κ2) is 7.19. The number of aromatic nitrogens is 2. The molecule has 0 radical (unpaired) electrons. The Kier molecular flexibility index (Phi) is 4.51. The van der Waals surface area contributed by atoms with Crippen LogP contribution in [0, 0.1) is 6.92 Å². The maximum atomic E-state index is 13.4. The van der Waals surface area contributed by atoms with Gasteiger partial charge in [-0.3, -0.25) is 13.9 Å². The van der Waals surface area contributed by atoms with Gasteiger partial charge in [0.25, 0.3) is 5.56 Å². The minimum Gasteiger partial charge on any atom is -0.467 e. The van der Waals surface area contributed by atoms with E-state index < -0.39 is 0 Å². The molecule has 0 unspecified atom stereocenters. The van der Waals surface area contributed by atoms with Crippen LogP contribution in [0.1, 0.15) is 40.2 Å².